The molecule has 2 heterocycles. The Kier molecular flexibility index (Phi) is 5.32. The Morgan fingerprint density at radius 2 is 2.26 bits per heavy atom. The topological polar surface area (TPSA) is 43.8 Å². The van der Waals surface area contributed by atoms with Crippen LogP contribution in [0.3, 0.4) is 0 Å². The van der Waals surface area contributed by atoms with Crippen molar-refractivity contribution in [2.45, 2.75) is 12.3 Å². The molecule has 0 saturated carbocycles. The van der Waals surface area contributed by atoms with E-state index >= 15 is 0 Å². The third-order valence-corrected chi connectivity index (χ3v) is 2.97. The zero-order valence-corrected chi connectivity index (χ0v) is 11.2. The van der Waals surface area contributed by atoms with Crippen LogP contribution in [0.1, 0.15) is 11.8 Å². The van der Waals surface area contributed by atoms with Crippen molar-refractivity contribution in [1.29, 1.82) is 0 Å². The molecule has 0 amide bonds. The Balaban J connectivity index is 1.76. The maximum Gasteiger partial charge on any atom is 0.137 e. The molecule has 1 saturated heterocycles. The van der Waals surface area contributed by atoms with E-state index in [0.29, 0.717) is 19.8 Å². The minimum atomic E-state index is -0.0129. The van der Waals surface area contributed by atoms with Gasteiger partial charge < -0.3 is 14.2 Å². The average molecular weight is 264 g/mol. The molecule has 0 bridgehead atoms. The minimum absolute atomic E-state index is 0.0129. The van der Waals surface area contributed by atoms with Crippen LogP contribution in [-0.4, -0.2) is 49.4 Å². The van der Waals surface area contributed by atoms with Crippen LogP contribution in [-0.2, 0) is 14.2 Å². The van der Waals surface area contributed by atoms with Gasteiger partial charge in [0.25, 0.3) is 0 Å². The zero-order valence-electron chi connectivity index (χ0n) is 11.2. The molecule has 1 fully saturated rings. The molecule has 104 valence electrons. The van der Waals surface area contributed by atoms with Crippen molar-refractivity contribution in [3.63, 3.8) is 0 Å². The summed E-state index contributed by atoms with van der Waals surface area (Å²) in [7, 11) is 2.05. The molecule has 5 heteroatoms. The number of likely N-dealkylation sites (N-methyl/N-ethyl adjacent to an activating group) is 1. The molecule has 0 spiro atoms. The van der Waals surface area contributed by atoms with E-state index in [4.69, 9.17) is 14.2 Å². The standard InChI is InChI=1S/C14H20N2O3/c1-3-17-8-9-18-11-13-10-16(2)14(19-13)12-4-6-15-7-5-12/h3-7,13-14H,1,8-11H2,2H3. The Bertz CT molecular complexity index is 386. The van der Waals surface area contributed by atoms with Crippen molar-refractivity contribution in [1.82, 2.24) is 9.88 Å². The van der Waals surface area contributed by atoms with E-state index in [2.05, 4.69) is 16.5 Å². The van der Waals surface area contributed by atoms with E-state index in [1.807, 2.05) is 19.2 Å². The summed E-state index contributed by atoms with van der Waals surface area (Å²) < 4.78 is 16.5. The third kappa shape index (κ3) is 4.02. The maximum atomic E-state index is 5.98. The van der Waals surface area contributed by atoms with Gasteiger partial charge in [-0.3, -0.25) is 9.88 Å². The lowest BCUT2D eigenvalue weighted by Crippen LogP contribution is -2.22. The largest absolute Gasteiger partial charge is 0.499 e. The van der Waals surface area contributed by atoms with Crippen LogP contribution in [0.2, 0.25) is 0 Å². The van der Waals surface area contributed by atoms with Crippen molar-refractivity contribution < 1.29 is 14.2 Å². The van der Waals surface area contributed by atoms with Crippen LogP contribution in [0.15, 0.2) is 37.4 Å². The fourth-order valence-corrected chi connectivity index (χ4v) is 2.10. The molecule has 0 N–H and O–H groups in total. The molecule has 0 radical (unpaired) electrons. The number of pyridine rings is 1. The SMILES string of the molecule is C=COCCOCC1CN(C)C(c2ccncc2)O1. The average Bonchev–Trinajstić information content (AvgIpc) is 2.81. The lowest BCUT2D eigenvalue weighted by atomic mass is 10.2. The van der Waals surface area contributed by atoms with Gasteiger partial charge in [-0.25, -0.2) is 0 Å². The molecule has 1 aromatic heterocycles. The highest BCUT2D eigenvalue weighted by molar-refractivity contribution is 5.13. The molecule has 2 unspecified atom stereocenters. The second-order valence-electron chi connectivity index (χ2n) is 4.44. The van der Waals surface area contributed by atoms with Crippen LogP contribution in [0.5, 0.6) is 0 Å². The van der Waals surface area contributed by atoms with Crippen molar-refractivity contribution in [3.8, 4) is 0 Å². The summed E-state index contributed by atoms with van der Waals surface area (Å²) in [5.41, 5.74) is 1.12. The van der Waals surface area contributed by atoms with Gasteiger partial charge >= 0.3 is 0 Å². The molecule has 2 rings (SSSR count). The number of aromatic nitrogens is 1. The van der Waals surface area contributed by atoms with E-state index in [9.17, 15) is 0 Å². The van der Waals surface area contributed by atoms with Crippen LogP contribution in [0, 0.1) is 0 Å². The van der Waals surface area contributed by atoms with E-state index < -0.39 is 0 Å². The second-order valence-corrected chi connectivity index (χ2v) is 4.44. The Labute approximate surface area is 113 Å². The van der Waals surface area contributed by atoms with Crippen molar-refractivity contribution in [2.75, 3.05) is 33.4 Å². The summed E-state index contributed by atoms with van der Waals surface area (Å²) in [6, 6.07) is 3.95. The molecular formula is C14H20N2O3. The summed E-state index contributed by atoms with van der Waals surface area (Å²) in [5.74, 6) is 0. The first kappa shape index (κ1) is 14.0. The predicted molar refractivity (Wildman–Crippen MR) is 71.4 cm³/mol. The minimum Gasteiger partial charge on any atom is -0.499 e. The van der Waals surface area contributed by atoms with E-state index in [1.54, 1.807) is 12.4 Å². The normalized spacial score (nSPS) is 23.4. The van der Waals surface area contributed by atoms with Gasteiger partial charge in [-0.1, -0.05) is 6.58 Å². The van der Waals surface area contributed by atoms with E-state index in [-0.39, 0.29) is 12.3 Å². The van der Waals surface area contributed by atoms with Gasteiger partial charge in [0.15, 0.2) is 0 Å². The van der Waals surface area contributed by atoms with Crippen LogP contribution < -0.4 is 0 Å². The van der Waals surface area contributed by atoms with Gasteiger partial charge in [0.1, 0.15) is 12.8 Å². The Hall–Kier alpha value is -1.43. The van der Waals surface area contributed by atoms with Crippen molar-refractivity contribution in [3.05, 3.63) is 42.9 Å². The van der Waals surface area contributed by atoms with Gasteiger partial charge in [-0.15, -0.1) is 0 Å². The highest BCUT2D eigenvalue weighted by Crippen LogP contribution is 2.28. The molecule has 19 heavy (non-hydrogen) atoms. The first-order valence-electron chi connectivity index (χ1n) is 6.37. The molecule has 1 aliphatic heterocycles. The monoisotopic (exact) mass is 264 g/mol. The van der Waals surface area contributed by atoms with Crippen molar-refractivity contribution in [2.24, 2.45) is 0 Å². The third-order valence-electron chi connectivity index (χ3n) is 2.97. The van der Waals surface area contributed by atoms with Crippen LogP contribution in [0.25, 0.3) is 0 Å². The molecule has 0 aromatic carbocycles. The number of hydrogen-bond acceptors (Lipinski definition) is 5. The Morgan fingerprint density at radius 1 is 1.47 bits per heavy atom. The van der Waals surface area contributed by atoms with E-state index in [1.165, 1.54) is 6.26 Å². The molecular weight excluding hydrogens is 244 g/mol. The molecule has 2 atom stereocenters. The highest BCUT2D eigenvalue weighted by atomic mass is 16.6. The quantitative estimate of drug-likeness (QED) is 0.552. The number of nitrogens with zero attached hydrogens (tertiary/aromatic N) is 2. The summed E-state index contributed by atoms with van der Waals surface area (Å²) in [5, 5.41) is 0. The highest BCUT2D eigenvalue weighted by Gasteiger charge is 2.31. The second kappa shape index (κ2) is 7.23. The van der Waals surface area contributed by atoms with Gasteiger partial charge in [0.2, 0.25) is 0 Å². The van der Waals surface area contributed by atoms with Crippen LogP contribution in [0.4, 0.5) is 0 Å². The zero-order chi connectivity index (χ0) is 13.5. The lowest BCUT2D eigenvalue weighted by Gasteiger charge is -2.17. The first-order valence-corrected chi connectivity index (χ1v) is 6.37. The summed E-state index contributed by atoms with van der Waals surface area (Å²) in [4.78, 5) is 6.19. The molecule has 1 aromatic rings. The summed E-state index contributed by atoms with van der Waals surface area (Å²) >= 11 is 0. The summed E-state index contributed by atoms with van der Waals surface area (Å²) in [6.45, 7) is 5.99. The van der Waals surface area contributed by atoms with E-state index in [0.717, 1.165) is 12.1 Å². The van der Waals surface area contributed by atoms with Gasteiger partial charge in [0, 0.05) is 18.9 Å². The van der Waals surface area contributed by atoms with Gasteiger partial charge in [-0.2, -0.15) is 0 Å². The number of rotatable bonds is 7. The van der Waals surface area contributed by atoms with Gasteiger partial charge in [-0.05, 0) is 24.7 Å². The molecule has 0 aliphatic carbocycles. The number of hydrogen-bond donors (Lipinski definition) is 0. The summed E-state index contributed by atoms with van der Waals surface area (Å²) in [6.07, 6.45) is 5.06. The molecule has 5 nitrogen and oxygen atoms in total. The predicted octanol–water partition coefficient (Wildman–Crippen LogP) is 1.59. The smallest absolute Gasteiger partial charge is 0.137 e. The number of ether oxygens (including phenoxy) is 3. The fraction of sp³-hybridized carbons (Fsp3) is 0.500. The fourth-order valence-electron chi connectivity index (χ4n) is 2.10. The first-order chi connectivity index (χ1) is 9.31. The molecule has 1 aliphatic rings. The lowest BCUT2D eigenvalue weighted by molar-refractivity contribution is -0.0362. The van der Waals surface area contributed by atoms with Crippen LogP contribution >= 0.6 is 0 Å². The Morgan fingerprint density at radius 3 is 3.00 bits per heavy atom. The van der Waals surface area contributed by atoms with Crippen molar-refractivity contribution >= 4 is 0 Å². The van der Waals surface area contributed by atoms with Gasteiger partial charge in [0.05, 0.1) is 25.6 Å². The maximum absolute atomic E-state index is 5.98.